The second kappa shape index (κ2) is 4.90. The van der Waals surface area contributed by atoms with E-state index in [4.69, 9.17) is 0 Å². The van der Waals surface area contributed by atoms with Crippen LogP contribution in [0.25, 0.3) is 0 Å². The maximum absolute atomic E-state index is 4.40. The monoisotopic (exact) mass is 274 g/mol. The molecule has 0 aliphatic carbocycles. The molecular formula is C17H14N4. The highest BCUT2D eigenvalue weighted by Crippen LogP contribution is 2.34. The number of hydrogen-bond donors (Lipinski definition) is 2. The van der Waals surface area contributed by atoms with Gasteiger partial charge in [-0.1, -0.05) is 36.4 Å². The third kappa shape index (κ3) is 2.21. The molecule has 0 atom stereocenters. The van der Waals surface area contributed by atoms with Crippen molar-refractivity contribution in [3.05, 3.63) is 72.1 Å². The third-order valence-electron chi connectivity index (χ3n) is 3.62. The fourth-order valence-corrected chi connectivity index (χ4v) is 2.57. The Hall–Kier alpha value is -2.88. The minimum absolute atomic E-state index is 0.828. The second-order valence-corrected chi connectivity index (χ2v) is 5.00. The number of rotatable bonds is 2. The molecule has 4 rings (SSSR count). The molecule has 0 spiro atoms. The van der Waals surface area contributed by atoms with Crippen molar-refractivity contribution in [1.82, 2.24) is 9.97 Å². The minimum atomic E-state index is 0.828. The first-order valence-corrected chi connectivity index (χ1v) is 6.91. The van der Waals surface area contributed by atoms with Gasteiger partial charge in [0.15, 0.2) is 0 Å². The summed E-state index contributed by atoms with van der Waals surface area (Å²) in [5, 5.41) is 6.75. The fraction of sp³-hybridized carbons (Fsp3) is 0.0588. The maximum atomic E-state index is 4.40. The van der Waals surface area contributed by atoms with Crippen LogP contribution in [0.15, 0.2) is 60.9 Å². The lowest BCUT2D eigenvalue weighted by molar-refractivity contribution is 1.05. The highest BCUT2D eigenvalue weighted by Gasteiger charge is 2.19. The maximum Gasteiger partial charge on any atom is 0.139 e. The van der Waals surface area contributed by atoms with E-state index in [2.05, 4.69) is 38.8 Å². The summed E-state index contributed by atoms with van der Waals surface area (Å²) in [5.74, 6) is 1.73. The van der Waals surface area contributed by atoms with E-state index in [1.165, 1.54) is 5.56 Å². The predicted molar refractivity (Wildman–Crippen MR) is 84.3 cm³/mol. The van der Waals surface area contributed by atoms with Crippen molar-refractivity contribution in [3.63, 3.8) is 0 Å². The molecule has 0 saturated heterocycles. The minimum Gasteiger partial charge on any atom is -0.340 e. The van der Waals surface area contributed by atoms with Gasteiger partial charge in [0, 0.05) is 23.4 Å². The van der Waals surface area contributed by atoms with Gasteiger partial charge in [0.25, 0.3) is 0 Å². The average molecular weight is 274 g/mol. The van der Waals surface area contributed by atoms with Gasteiger partial charge >= 0.3 is 0 Å². The van der Waals surface area contributed by atoms with Crippen LogP contribution >= 0.6 is 0 Å². The van der Waals surface area contributed by atoms with Crippen LogP contribution in [-0.4, -0.2) is 9.97 Å². The van der Waals surface area contributed by atoms with Crippen LogP contribution in [0.3, 0.4) is 0 Å². The third-order valence-corrected chi connectivity index (χ3v) is 3.62. The van der Waals surface area contributed by atoms with Gasteiger partial charge in [-0.05, 0) is 23.8 Å². The molecule has 0 bridgehead atoms. The lowest BCUT2D eigenvalue weighted by Gasteiger charge is -2.22. The van der Waals surface area contributed by atoms with Gasteiger partial charge in [-0.15, -0.1) is 0 Å². The lowest BCUT2D eigenvalue weighted by Crippen LogP contribution is -2.11. The number of benzene rings is 2. The molecule has 0 fully saturated rings. The first-order valence-electron chi connectivity index (χ1n) is 6.91. The highest BCUT2D eigenvalue weighted by atomic mass is 15.1. The molecule has 2 N–H and O–H groups in total. The summed E-state index contributed by atoms with van der Waals surface area (Å²) in [4.78, 5) is 8.76. The number of fused-ring (bicyclic) bond motifs is 2. The molecule has 21 heavy (non-hydrogen) atoms. The summed E-state index contributed by atoms with van der Waals surface area (Å²) in [7, 11) is 0. The van der Waals surface area contributed by atoms with Gasteiger partial charge < -0.3 is 10.6 Å². The SMILES string of the molecule is c1ccc(Nc2ncnc3c2Cc2ccccc2N3)cc1. The molecule has 3 aromatic rings. The van der Waals surface area contributed by atoms with Crippen LogP contribution in [0.2, 0.25) is 0 Å². The van der Waals surface area contributed by atoms with E-state index in [0.717, 1.165) is 35.0 Å². The van der Waals surface area contributed by atoms with Gasteiger partial charge in [0.05, 0.1) is 0 Å². The van der Waals surface area contributed by atoms with Crippen LogP contribution < -0.4 is 10.6 Å². The first-order chi connectivity index (χ1) is 10.4. The van der Waals surface area contributed by atoms with Crippen molar-refractivity contribution in [2.24, 2.45) is 0 Å². The number of nitrogens with one attached hydrogen (secondary N) is 2. The van der Waals surface area contributed by atoms with E-state index in [1.54, 1.807) is 6.33 Å². The Kier molecular flexibility index (Phi) is 2.78. The van der Waals surface area contributed by atoms with Gasteiger partial charge in [-0.3, -0.25) is 0 Å². The predicted octanol–water partition coefficient (Wildman–Crippen LogP) is 3.87. The fourth-order valence-electron chi connectivity index (χ4n) is 2.57. The van der Waals surface area contributed by atoms with Crippen molar-refractivity contribution >= 4 is 23.0 Å². The molecule has 0 radical (unpaired) electrons. The van der Waals surface area contributed by atoms with Crippen molar-refractivity contribution in [2.75, 3.05) is 10.6 Å². The highest BCUT2D eigenvalue weighted by molar-refractivity contribution is 5.74. The zero-order valence-corrected chi connectivity index (χ0v) is 11.4. The number of aromatic nitrogens is 2. The molecule has 2 heterocycles. The van der Waals surface area contributed by atoms with Crippen LogP contribution in [0.5, 0.6) is 0 Å². The summed E-state index contributed by atoms with van der Waals surface area (Å²) in [6.07, 6.45) is 2.42. The van der Waals surface area contributed by atoms with Gasteiger partial charge in [0.2, 0.25) is 0 Å². The number of para-hydroxylation sites is 2. The van der Waals surface area contributed by atoms with E-state index in [9.17, 15) is 0 Å². The molecule has 0 saturated carbocycles. The summed E-state index contributed by atoms with van der Waals surface area (Å²) < 4.78 is 0. The standard InChI is InChI=1S/C17H14N4/c1-2-7-13(8-3-1)20-16-14-10-12-6-4-5-9-15(12)21-17(14)19-11-18-16/h1-9,11H,10H2,(H2,18,19,20,21). The summed E-state index contributed by atoms with van der Waals surface area (Å²) in [5.41, 5.74) is 4.50. The van der Waals surface area contributed by atoms with Crippen LogP contribution in [-0.2, 0) is 6.42 Å². The Morgan fingerprint density at radius 3 is 2.62 bits per heavy atom. The Balaban J connectivity index is 1.73. The zero-order chi connectivity index (χ0) is 14.1. The number of anilines is 4. The molecule has 1 aromatic heterocycles. The Morgan fingerprint density at radius 2 is 1.71 bits per heavy atom. The molecule has 0 amide bonds. The van der Waals surface area contributed by atoms with E-state index < -0.39 is 0 Å². The second-order valence-electron chi connectivity index (χ2n) is 5.00. The number of hydrogen-bond acceptors (Lipinski definition) is 4. The first kappa shape index (κ1) is 11.9. The van der Waals surface area contributed by atoms with Crippen LogP contribution in [0.4, 0.5) is 23.0 Å². The van der Waals surface area contributed by atoms with Gasteiger partial charge in [-0.25, -0.2) is 9.97 Å². The van der Waals surface area contributed by atoms with E-state index in [1.807, 2.05) is 36.4 Å². The van der Waals surface area contributed by atoms with Crippen LogP contribution in [0, 0.1) is 0 Å². The molecule has 0 unspecified atom stereocenters. The Bertz CT molecular complexity index is 784. The summed E-state index contributed by atoms with van der Waals surface area (Å²) in [6.45, 7) is 0. The van der Waals surface area contributed by atoms with Gasteiger partial charge in [0.1, 0.15) is 18.0 Å². The smallest absolute Gasteiger partial charge is 0.139 e. The molecule has 1 aliphatic rings. The van der Waals surface area contributed by atoms with Gasteiger partial charge in [-0.2, -0.15) is 0 Å². The summed E-state index contributed by atoms with van der Waals surface area (Å²) >= 11 is 0. The molecular weight excluding hydrogens is 260 g/mol. The molecule has 4 heteroatoms. The van der Waals surface area contributed by atoms with E-state index >= 15 is 0 Å². The average Bonchev–Trinajstić information content (AvgIpc) is 2.54. The zero-order valence-electron chi connectivity index (χ0n) is 11.4. The normalized spacial score (nSPS) is 12.0. The molecule has 102 valence electrons. The topological polar surface area (TPSA) is 49.8 Å². The van der Waals surface area contributed by atoms with Crippen molar-refractivity contribution in [3.8, 4) is 0 Å². The molecule has 4 nitrogen and oxygen atoms in total. The number of nitrogens with zero attached hydrogens (tertiary/aromatic N) is 2. The van der Waals surface area contributed by atoms with Crippen molar-refractivity contribution in [1.29, 1.82) is 0 Å². The Morgan fingerprint density at radius 1 is 0.905 bits per heavy atom. The van der Waals surface area contributed by atoms with E-state index in [0.29, 0.717) is 0 Å². The molecule has 1 aliphatic heterocycles. The quantitative estimate of drug-likeness (QED) is 0.582. The Labute approximate surface area is 122 Å². The van der Waals surface area contributed by atoms with Crippen LogP contribution in [0.1, 0.15) is 11.1 Å². The lowest BCUT2D eigenvalue weighted by atomic mass is 10.00. The summed E-state index contributed by atoms with van der Waals surface area (Å²) in [6, 6.07) is 18.3. The molecule has 2 aromatic carbocycles. The van der Waals surface area contributed by atoms with Crippen molar-refractivity contribution in [2.45, 2.75) is 6.42 Å². The van der Waals surface area contributed by atoms with E-state index in [-0.39, 0.29) is 0 Å². The largest absolute Gasteiger partial charge is 0.340 e. The van der Waals surface area contributed by atoms with Crippen molar-refractivity contribution < 1.29 is 0 Å².